The fourth-order valence-corrected chi connectivity index (χ4v) is 2.60. The molecule has 0 bridgehead atoms. The van der Waals surface area contributed by atoms with Crippen LogP contribution in [0.4, 0.5) is 18.0 Å². The van der Waals surface area contributed by atoms with E-state index in [0.717, 1.165) is 5.56 Å². The van der Waals surface area contributed by atoms with E-state index in [-0.39, 0.29) is 17.9 Å². The Morgan fingerprint density at radius 1 is 1.24 bits per heavy atom. The van der Waals surface area contributed by atoms with Crippen LogP contribution in [0.5, 0.6) is 5.75 Å². The topological polar surface area (TPSA) is 50.8 Å². The van der Waals surface area contributed by atoms with Crippen molar-refractivity contribution in [1.82, 2.24) is 10.2 Å². The van der Waals surface area contributed by atoms with Crippen molar-refractivity contribution in [3.8, 4) is 5.75 Å². The predicted molar refractivity (Wildman–Crippen MR) is 86.4 cm³/mol. The highest BCUT2D eigenvalue weighted by Gasteiger charge is 2.32. The van der Waals surface area contributed by atoms with Crippen LogP contribution in [0.1, 0.15) is 26.3 Å². The largest absolute Gasteiger partial charge is 0.573 e. The summed E-state index contributed by atoms with van der Waals surface area (Å²) in [5.41, 5.74) is 0.236. The predicted octanol–water partition coefficient (Wildman–Crippen LogP) is 3.34. The molecule has 8 heteroatoms. The number of amides is 1. The van der Waals surface area contributed by atoms with Crippen molar-refractivity contribution in [1.29, 1.82) is 0 Å². The van der Waals surface area contributed by atoms with E-state index in [4.69, 9.17) is 4.74 Å². The van der Waals surface area contributed by atoms with E-state index in [1.54, 1.807) is 17.0 Å². The quantitative estimate of drug-likeness (QED) is 0.898. The summed E-state index contributed by atoms with van der Waals surface area (Å²) in [4.78, 5) is 14.0. The lowest BCUT2D eigenvalue weighted by molar-refractivity contribution is -0.274. The third kappa shape index (κ3) is 6.45. The summed E-state index contributed by atoms with van der Waals surface area (Å²) in [6.45, 7) is 7.22. The van der Waals surface area contributed by atoms with Gasteiger partial charge in [0.25, 0.3) is 0 Å². The number of rotatable bonds is 3. The summed E-state index contributed by atoms with van der Waals surface area (Å²) < 4.78 is 45.9. The Labute approximate surface area is 145 Å². The standard InChI is InChI=1S/C17H23F3N2O3/c1-16(2,3)25-15(23)22-9-8-21-11-13(22)10-12-4-6-14(7-5-12)24-17(18,19)20/h4-7,13,21H,8-11H2,1-3H3. The molecule has 0 aromatic heterocycles. The van der Waals surface area contributed by atoms with E-state index in [9.17, 15) is 18.0 Å². The molecule has 0 spiro atoms. The molecule has 25 heavy (non-hydrogen) atoms. The van der Waals surface area contributed by atoms with Gasteiger partial charge >= 0.3 is 12.5 Å². The summed E-state index contributed by atoms with van der Waals surface area (Å²) in [6, 6.07) is 5.57. The van der Waals surface area contributed by atoms with Gasteiger partial charge in [-0.05, 0) is 44.9 Å². The summed E-state index contributed by atoms with van der Waals surface area (Å²) in [7, 11) is 0. The Balaban J connectivity index is 2.02. The number of hydrogen-bond acceptors (Lipinski definition) is 4. The zero-order valence-corrected chi connectivity index (χ0v) is 14.5. The van der Waals surface area contributed by atoms with Crippen molar-refractivity contribution >= 4 is 6.09 Å². The first-order chi connectivity index (χ1) is 11.5. The summed E-state index contributed by atoms with van der Waals surface area (Å²) >= 11 is 0. The van der Waals surface area contributed by atoms with Gasteiger partial charge in [-0.1, -0.05) is 12.1 Å². The smallest absolute Gasteiger partial charge is 0.444 e. The van der Waals surface area contributed by atoms with Gasteiger partial charge < -0.3 is 19.7 Å². The number of ether oxygens (including phenoxy) is 2. The number of benzene rings is 1. The van der Waals surface area contributed by atoms with Crippen LogP contribution in [0, 0.1) is 0 Å². The molecule has 1 aromatic rings. The number of carbonyl (C=O) groups is 1. The average molecular weight is 360 g/mol. The van der Waals surface area contributed by atoms with Gasteiger partial charge in [0.1, 0.15) is 11.4 Å². The Morgan fingerprint density at radius 3 is 2.44 bits per heavy atom. The van der Waals surface area contributed by atoms with Crippen LogP contribution in [0.25, 0.3) is 0 Å². The highest BCUT2D eigenvalue weighted by atomic mass is 19.4. The summed E-state index contributed by atoms with van der Waals surface area (Å²) in [6.07, 6.45) is -4.57. The maximum atomic E-state index is 12.4. The lowest BCUT2D eigenvalue weighted by Gasteiger charge is -2.37. The molecule has 0 aliphatic carbocycles. The molecule has 1 aliphatic heterocycles. The summed E-state index contributed by atoms with van der Waals surface area (Å²) in [5.74, 6) is -0.262. The van der Waals surface area contributed by atoms with E-state index in [2.05, 4.69) is 10.1 Å². The van der Waals surface area contributed by atoms with Crippen LogP contribution in [-0.2, 0) is 11.2 Å². The van der Waals surface area contributed by atoms with Crippen molar-refractivity contribution in [2.45, 2.75) is 45.2 Å². The molecule has 1 heterocycles. The fraction of sp³-hybridized carbons (Fsp3) is 0.588. The van der Waals surface area contributed by atoms with Gasteiger partial charge in [-0.3, -0.25) is 0 Å². The highest BCUT2D eigenvalue weighted by molar-refractivity contribution is 5.68. The third-order valence-electron chi connectivity index (χ3n) is 3.61. The van der Waals surface area contributed by atoms with Crippen molar-refractivity contribution in [2.24, 2.45) is 0 Å². The molecule has 1 N–H and O–H groups in total. The number of alkyl halides is 3. The van der Waals surface area contributed by atoms with Gasteiger partial charge in [0.15, 0.2) is 0 Å². The molecular weight excluding hydrogens is 337 g/mol. The third-order valence-corrected chi connectivity index (χ3v) is 3.61. The van der Waals surface area contributed by atoms with E-state index in [1.807, 2.05) is 20.8 Å². The van der Waals surface area contributed by atoms with Crippen molar-refractivity contribution in [3.63, 3.8) is 0 Å². The van der Waals surface area contributed by atoms with E-state index >= 15 is 0 Å². The van der Waals surface area contributed by atoms with Crippen LogP contribution < -0.4 is 10.1 Å². The Hall–Kier alpha value is -1.96. The van der Waals surface area contributed by atoms with E-state index < -0.39 is 12.0 Å². The lowest BCUT2D eigenvalue weighted by Crippen LogP contribution is -2.55. The molecular formula is C17H23F3N2O3. The Morgan fingerprint density at radius 2 is 1.88 bits per heavy atom. The summed E-state index contributed by atoms with van der Waals surface area (Å²) in [5, 5.41) is 3.22. The first kappa shape index (κ1) is 19.4. The number of nitrogens with zero attached hydrogens (tertiary/aromatic N) is 1. The van der Waals surface area contributed by atoms with Crippen molar-refractivity contribution in [2.75, 3.05) is 19.6 Å². The molecule has 0 radical (unpaired) electrons. The highest BCUT2D eigenvalue weighted by Crippen LogP contribution is 2.23. The number of carbonyl (C=O) groups excluding carboxylic acids is 1. The van der Waals surface area contributed by atoms with Crippen LogP contribution >= 0.6 is 0 Å². The number of hydrogen-bond donors (Lipinski definition) is 1. The number of nitrogens with one attached hydrogen (secondary N) is 1. The molecule has 1 aromatic carbocycles. The minimum absolute atomic E-state index is 0.127. The maximum Gasteiger partial charge on any atom is 0.573 e. The molecule has 2 rings (SSSR count). The molecule has 1 amide bonds. The second-order valence-electron chi connectivity index (χ2n) is 6.93. The number of piperazine rings is 1. The average Bonchev–Trinajstić information content (AvgIpc) is 2.46. The van der Waals surface area contributed by atoms with Gasteiger partial charge in [0, 0.05) is 19.6 Å². The van der Waals surface area contributed by atoms with Crippen molar-refractivity contribution in [3.05, 3.63) is 29.8 Å². The molecule has 5 nitrogen and oxygen atoms in total. The molecule has 0 saturated carbocycles. The molecule has 1 atom stereocenters. The zero-order chi connectivity index (χ0) is 18.7. The minimum Gasteiger partial charge on any atom is -0.444 e. The normalized spacial score (nSPS) is 18.8. The second-order valence-corrected chi connectivity index (χ2v) is 6.93. The van der Waals surface area contributed by atoms with Crippen LogP contribution in [-0.4, -0.2) is 48.6 Å². The molecule has 1 aliphatic rings. The zero-order valence-electron chi connectivity index (χ0n) is 14.5. The SMILES string of the molecule is CC(C)(C)OC(=O)N1CCNCC1Cc1ccc(OC(F)(F)F)cc1. The molecule has 140 valence electrons. The monoisotopic (exact) mass is 360 g/mol. The van der Waals surface area contributed by atoms with Gasteiger partial charge in [-0.15, -0.1) is 13.2 Å². The van der Waals surface area contributed by atoms with Gasteiger partial charge in [-0.2, -0.15) is 0 Å². The van der Waals surface area contributed by atoms with Crippen LogP contribution in [0.3, 0.4) is 0 Å². The molecule has 1 fully saturated rings. The fourth-order valence-electron chi connectivity index (χ4n) is 2.60. The van der Waals surface area contributed by atoms with E-state index in [0.29, 0.717) is 26.1 Å². The first-order valence-corrected chi connectivity index (χ1v) is 8.08. The number of halogens is 3. The van der Waals surface area contributed by atoms with Gasteiger partial charge in [-0.25, -0.2) is 4.79 Å². The molecule has 1 saturated heterocycles. The Kier molecular flexibility index (Phi) is 5.82. The van der Waals surface area contributed by atoms with E-state index in [1.165, 1.54) is 12.1 Å². The van der Waals surface area contributed by atoms with Crippen LogP contribution in [0.15, 0.2) is 24.3 Å². The van der Waals surface area contributed by atoms with Gasteiger partial charge in [0.05, 0.1) is 6.04 Å². The first-order valence-electron chi connectivity index (χ1n) is 8.08. The maximum absolute atomic E-state index is 12.4. The van der Waals surface area contributed by atoms with Crippen LogP contribution in [0.2, 0.25) is 0 Å². The molecule has 1 unspecified atom stereocenters. The lowest BCUT2D eigenvalue weighted by atomic mass is 10.0. The second kappa shape index (κ2) is 7.51. The Bertz CT molecular complexity index is 582. The minimum atomic E-state index is -4.71. The van der Waals surface area contributed by atoms with Gasteiger partial charge in [0.2, 0.25) is 0 Å². The van der Waals surface area contributed by atoms with Crippen molar-refractivity contribution < 1.29 is 27.4 Å².